The summed E-state index contributed by atoms with van der Waals surface area (Å²) in [4.78, 5) is 15.1. The monoisotopic (exact) mass is 414 g/mol. The number of ether oxygens (including phenoxy) is 2. The van der Waals surface area contributed by atoms with Crippen LogP contribution in [-0.4, -0.2) is 49.4 Å². The summed E-state index contributed by atoms with van der Waals surface area (Å²) in [5, 5.41) is 3.96. The lowest BCUT2D eigenvalue weighted by molar-refractivity contribution is -0.145. The Kier molecular flexibility index (Phi) is 6.38. The van der Waals surface area contributed by atoms with Crippen LogP contribution < -0.4 is 5.32 Å². The molecule has 1 unspecified atom stereocenters. The Hall–Kier alpha value is -2.08. The van der Waals surface area contributed by atoms with Crippen LogP contribution in [0.15, 0.2) is 54.6 Å². The molecule has 4 rings (SSSR count). The number of halogens is 1. The highest BCUT2D eigenvalue weighted by Crippen LogP contribution is 2.30. The molecule has 2 aromatic rings. The van der Waals surface area contributed by atoms with E-state index in [4.69, 9.17) is 21.1 Å². The van der Waals surface area contributed by atoms with Crippen molar-refractivity contribution in [2.45, 2.75) is 30.9 Å². The van der Waals surface area contributed by atoms with Crippen molar-refractivity contribution in [1.82, 2.24) is 10.2 Å². The van der Waals surface area contributed by atoms with Crippen LogP contribution in [0.25, 0.3) is 0 Å². The first-order chi connectivity index (χ1) is 14.2. The molecule has 0 bridgehead atoms. The van der Waals surface area contributed by atoms with Crippen LogP contribution in [0.5, 0.6) is 0 Å². The van der Waals surface area contributed by atoms with Gasteiger partial charge in [0.1, 0.15) is 0 Å². The average Bonchev–Trinajstić information content (AvgIpc) is 2.76. The second-order valence-corrected chi connectivity index (χ2v) is 8.18. The molecule has 0 radical (unpaired) electrons. The lowest BCUT2D eigenvalue weighted by atomic mass is 9.92. The Labute approximate surface area is 176 Å². The zero-order chi connectivity index (χ0) is 20.1. The maximum absolute atomic E-state index is 13.2. The highest BCUT2D eigenvalue weighted by atomic mass is 35.5. The topological polar surface area (TPSA) is 50.8 Å². The van der Waals surface area contributed by atoms with Gasteiger partial charge in [0.25, 0.3) is 0 Å². The van der Waals surface area contributed by atoms with Gasteiger partial charge in [-0.2, -0.15) is 0 Å². The van der Waals surface area contributed by atoms with E-state index in [1.807, 2.05) is 59.5 Å². The van der Waals surface area contributed by atoms with Crippen molar-refractivity contribution >= 4 is 17.6 Å². The fraction of sp³-hybridized carbons (Fsp3) is 0.435. The number of hydrogen-bond donors (Lipinski definition) is 1. The van der Waals surface area contributed by atoms with E-state index in [0.29, 0.717) is 39.3 Å². The lowest BCUT2D eigenvalue weighted by Gasteiger charge is -2.45. The van der Waals surface area contributed by atoms with Gasteiger partial charge in [-0.3, -0.25) is 0 Å². The summed E-state index contributed by atoms with van der Waals surface area (Å²) >= 11 is 6.39. The summed E-state index contributed by atoms with van der Waals surface area (Å²) in [7, 11) is 0. The molecule has 2 amide bonds. The number of carbonyl (C=O) groups excluding carboxylic acids is 1. The average molecular weight is 415 g/mol. The molecule has 154 valence electrons. The van der Waals surface area contributed by atoms with Gasteiger partial charge in [-0.05, 0) is 23.6 Å². The lowest BCUT2D eigenvalue weighted by Crippen LogP contribution is -2.58. The number of benzene rings is 2. The molecule has 29 heavy (non-hydrogen) atoms. The first kappa shape index (κ1) is 20.2. The Balaban J connectivity index is 1.49. The fourth-order valence-electron chi connectivity index (χ4n) is 4.13. The highest BCUT2D eigenvalue weighted by molar-refractivity contribution is 6.31. The van der Waals surface area contributed by atoms with Gasteiger partial charge in [0.05, 0.1) is 24.8 Å². The second kappa shape index (κ2) is 9.16. The molecule has 6 heteroatoms. The summed E-state index contributed by atoms with van der Waals surface area (Å²) in [5.41, 5.74) is 1.82. The summed E-state index contributed by atoms with van der Waals surface area (Å²) in [6, 6.07) is 17.6. The number of hydrogen-bond acceptors (Lipinski definition) is 3. The fourth-order valence-corrected chi connectivity index (χ4v) is 4.34. The summed E-state index contributed by atoms with van der Waals surface area (Å²) < 4.78 is 11.5. The molecular weight excluding hydrogens is 388 g/mol. The van der Waals surface area contributed by atoms with E-state index in [0.717, 1.165) is 29.0 Å². The van der Waals surface area contributed by atoms with E-state index in [1.54, 1.807) is 0 Å². The molecule has 2 heterocycles. The van der Waals surface area contributed by atoms with Gasteiger partial charge < -0.3 is 19.7 Å². The van der Waals surface area contributed by atoms with Crippen molar-refractivity contribution < 1.29 is 14.3 Å². The number of urea groups is 1. The van der Waals surface area contributed by atoms with E-state index >= 15 is 0 Å². The molecule has 1 N–H and O–H groups in total. The van der Waals surface area contributed by atoms with Crippen molar-refractivity contribution in [2.24, 2.45) is 0 Å². The molecule has 0 aromatic heterocycles. The number of carbonyl (C=O) groups is 1. The summed E-state index contributed by atoms with van der Waals surface area (Å²) in [5.74, 6) is 0. The maximum atomic E-state index is 13.2. The van der Waals surface area contributed by atoms with Gasteiger partial charge >= 0.3 is 6.03 Å². The van der Waals surface area contributed by atoms with Crippen LogP contribution in [0.1, 0.15) is 30.0 Å². The van der Waals surface area contributed by atoms with Crippen molar-refractivity contribution in [2.75, 3.05) is 32.9 Å². The Morgan fingerprint density at radius 1 is 1.07 bits per heavy atom. The third-order valence-electron chi connectivity index (χ3n) is 5.82. The first-order valence-electron chi connectivity index (χ1n) is 10.2. The van der Waals surface area contributed by atoms with Gasteiger partial charge in [-0.15, -0.1) is 0 Å². The van der Waals surface area contributed by atoms with Gasteiger partial charge in [0.15, 0.2) is 0 Å². The quantitative estimate of drug-likeness (QED) is 0.815. The molecule has 2 aromatic carbocycles. The van der Waals surface area contributed by atoms with Gasteiger partial charge in [0, 0.05) is 37.6 Å². The Morgan fingerprint density at radius 3 is 2.55 bits per heavy atom. The molecule has 0 aliphatic carbocycles. The molecule has 0 saturated carbocycles. The van der Waals surface area contributed by atoms with Gasteiger partial charge in [0.2, 0.25) is 0 Å². The zero-order valence-corrected chi connectivity index (χ0v) is 17.2. The molecule has 1 spiro atoms. The predicted molar refractivity (Wildman–Crippen MR) is 113 cm³/mol. The third kappa shape index (κ3) is 4.92. The standard InChI is InChI=1S/C23H27ClN2O3/c24-20-9-5-4-8-19(20)16-21(18-6-2-1-3-7-18)25-22(27)26-12-15-29-23(17-26)10-13-28-14-11-23/h1-9,21H,10-17H2,(H,25,27). The molecule has 2 aliphatic rings. The van der Waals surface area contributed by atoms with E-state index in [9.17, 15) is 4.79 Å². The largest absolute Gasteiger partial charge is 0.381 e. The molecule has 5 nitrogen and oxygen atoms in total. The van der Waals surface area contributed by atoms with E-state index in [2.05, 4.69) is 5.32 Å². The zero-order valence-electron chi connectivity index (χ0n) is 16.5. The molecular formula is C23H27ClN2O3. The van der Waals surface area contributed by atoms with Crippen LogP contribution in [0.3, 0.4) is 0 Å². The van der Waals surface area contributed by atoms with Crippen molar-refractivity contribution in [3.8, 4) is 0 Å². The first-order valence-corrected chi connectivity index (χ1v) is 10.6. The maximum Gasteiger partial charge on any atom is 0.318 e. The summed E-state index contributed by atoms with van der Waals surface area (Å²) in [6.45, 7) is 3.15. The van der Waals surface area contributed by atoms with Crippen LogP contribution in [-0.2, 0) is 15.9 Å². The number of nitrogens with one attached hydrogen (secondary N) is 1. The molecule has 1 atom stereocenters. The summed E-state index contributed by atoms with van der Waals surface area (Å²) in [6.07, 6.45) is 2.30. The minimum Gasteiger partial charge on any atom is -0.381 e. The van der Waals surface area contributed by atoms with Gasteiger partial charge in [-0.25, -0.2) is 4.79 Å². The Morgan fingerprint density at radius 2 is 1.79 bits per heavy atom. The van der Waals surface area contributed by atoms with Crippen molar-refractivity contribution in [3.05, 3.63) is 70.7 Å². The van der Waals surface area contributed by atoms with Crippen molar-refractivity contribution in [3.63, 3.8) is 0 Å². The number of nitrogens with zero attached hydrogens (tertiary/aromatic N) is 1. The SMILES string of the molecule is O=C(NC(Cc1ccccc1Cl)c1ccccc1)N1CCOC2(CCOCC2)C1. The van der Waals surface area contributed by atoms with Crippen LogP contribution in [0.2, 0.25) is 5.02 Å². The van der Waals surface area contributed by atoms with E-state index < -0.39 is 0 Å². The highest BCUT2D eigenvalue weighted by Gasteiger charge is 2.40. The predicted octanol–water partition coefficient (Wildman–Crippen LogP) is 4.21. The normalized spacial score (nSPS) is 19.7. The van der Waals surface area contributed by atoms with Crippen LogP contribution >= 0.6 is 11.6 Å². The third-order valence-corrected chi connectivity index (χ3v) is 6.19. The molecule has 2 saturated heterocycles. The number of rotatable bonds is 4. The van der Waals surface area contributed by atoms with Crippen molar-refractivity contribution in [1.29, 1.82) is 0 Å². The van der Waals surface area contributed by atoms with E-state index in [-0.39, 0.29) is 17.7 Å². The second-order valence-electron chi connectivity index (χ2n) is 7.77. The van der Waals surface area contributed by atoms with Gasteiger partial charge in [-0.1, -0.05) is 60.1 Å². The smallest absolute Gasteiger partial charge is 0.318 e. The minimum atomic E-state index is -0.265. The number of morpholine rings is 1. The number of amides is 2. The van der Waals surface area contributed by atoms with Crippen LogP contribution in [0.4, 0.5) is 4.79 Å². The Bertz CT molecular complexity index is 818. The molecule has 2 aliphatic heterocycles. The van der Waals surface area contributed by atoms with E-state index in [1.165, 1.54) is 0 Å². The van der Waals surface area contributed by atoms with Crippen LogP contribution in [0, 0.1) is 0 Å². The minimum absolute atomic E-state index is 0.0555. The molecule has 2 fully saturated rings.